The Morgan fingerprint density at radius 2 is 2.04 bits per heavy atom. The maximum atomic E-state index is 5.32. The van der Waals surface area contributed by atoms with Gasteiger partial charge in [-0.1, -0.05) is 24.2 Å². The molecule has 1 N–H and O–H groups in total. The van der Waals surface area contributed by atoms with Gasteiger partial charge in [0.05, 0.1) is 17.6 Å². The molecule has 126 valence electrons. The predicted molar refractivity (Wildman–Crippen MR) is 91.9 cm³/mol. The van der Waals surface area contributed by atoms with Crippen LogP contribution in [0, 0.1) is 0 Å². The summed E-state index contributed by atoms with van der Waals surface area (Å²) in [7, 11) is 0. The van der Waals surface area contributed by atoms with Crippen LogP contribution < -0.4 is 4.90 Å². The van der Waals surface area contributed by atoms with Crippen LogP contribution in [0.25, 0.3) is 11.0 Å². The first-order chi connectivity index (χ1) is 11.8. The maximum absolute atomic E-state index is 5.32. The number of nitrogens with one attached hydrogen (secondary N) is 1. The van der Waals surface area contributed by atoms with Crippen LogP contribution in [0.5, 0.6) is 0 Å². The van der Waals surface area contributed by atoms with E-state index >= 15 is 0 Å². The molecule has 0 radical (unpaired) electrons. The van der Waals surface area contributed by atoms with E-state index in [1.807, 2.05) is 25.1 Å². The van der Waals surface area contributed by atoms with Gasteiger partial charge in [0.25, 0.3) is 0 Å². The molecule has 1 fully saturated rings. The van der Waals surface area contributed by atoms with Crippen molar-refractivity contribution in [1.82, 2.24) is 25.0 Å². The zero-order valence-electron chi connectivity index (χ0n) is 13.9. The summed E-state index contributed by atoms with van der Waals surface area (Å²) in [5.41, 5.74) is 2.11. The minimum Gasteiger partial charge on any atom is -0.341 e. The lowest BCUT2D eigenvalue weighted by Crippen LogP contribution is -2.31. The van der Waals surface area contributed by atoms with Crippen LogP contribution in [-0.4, -0.2) is 51.2 Å². The number of aromatic amines is 1. The standard InChI is InChI=1S/C17H22N6O/c1-2-15-20-16(24-21-15)12-22-8-5-9-23(11-10-22)17-18-13-6-3-4-7-14(13)19-17/h3-4,6-7H,2,5,8-12H2,1H3,(H,18,19). The van der Waals surface area contributed by atoms with Gasteiger partial charge in [-0.3, -0.25) is 4.90 Å². The molecule has 2 aromatic heterocycles. The normalized spacial score (nSPS) is 16.6. The van der Waals surface area contributed by atoms with Gasteiger partial charge in [-0.25, -0.2) is 4.98 Å². The average molecular weight is 326 g/mol. The second-order valence-corrected chi connectivity index (χ2v) is 6.15. The molecular formula is C17H22N6O. The first-order valence-electron chi connectivity index (χ1n) is 8.55. The quantitative estimate of drug-likeness (QED) is 0.792. The van der Waals surface area contributed by atoms with E-state index in [4.69, 9.17) is 9.51 Å². The van der Waals surface area contributed by atoms with E-state index in [1.165, 1.54) is 0 Å². The van der Waals surface area contributed by atoms with E-state index in [-0.39, 0.29) is 0 Å². The van der Waals surface area contributed by atoms with Gasteiger partial charge in [0.2, 0.25) is 11.8 Å². The molecule has 0 spiro atoms. The molecule has 0 aliphatic carbocycles. The number of nitrogens with zero attached hydrogens (tertiary/aromatic N) is 5. The molecule has 0 saturated carbocycles. The molecule has 7 nitrogen and oxygen atoms in total. The number of imidazole rings is 1. The number of aromatic nitrogens is 4. The number of rotatable bonds is 4. The summed E-state index contributed by atoms with van der Waals surface area (Å²) in [4.78, 5) is 17.2. The van der Waals surface area contributed by atoms with Crippen LogP contribution in [0.3, 0.4) is 0 Å². The van der Waals surface area contributed by atoms with E-state index in [0.717, 1.165) is 68.4 Å². The van der Waals surface area contributed by atoms with Crippen LogP contribution in [-0.2, 0) is 13.0 Å². The Kier molecular flexibility index (Phi) is 4.17. The van der Waals surface area contributed by atoms with E-state index in [2.05, 4.69) is 31.0 Å². The summed E-state index contributed by atoms with van der Waals surface area (Å²) in [6, 6.07) is 8.16. The molecule has 1 aromatic carbocycles. The number of H-pyrrole nitrogens is 1. The molecule has 4 rings (SSSR count). The van der Waals surface area contributed by atoms with Crippen LogP contribution in [0.1, 0.15) is 25.1 Å². The number of hydrogen-bond acceptors (Lipinski definition) is 6. The fourth-order valence-electron chi connectivity index (χ4n) is 3.12. The molecule has 1 saturated heterocycles. The lowest BCUT2D eigenvalue weighted by molar-refractivity contribution is 0.239. The SMILES string of the molecule is CCc1noc(CN2CCCN(c3nc4ccccc4[nH]3)CC2)n1. The largest absolute Gasteiger partial charge is 0.341 e. The Labute approximate surface area is 140 Å². The minimum atomic E-state index is 0.712. The minimum absolute atomic E-state index is 0.712. The second kappa shape index (κ2) is 6.60. The van der Waals surface area contributed by atoms with E-state index in [1.54, 1.807) is 0 Å². The number of hydrogen-bond donors (Lipinski definition) is 1. The van der Waals surface area contributed by atoms with Crippen molar-refractivity contribution in [2.45, 2.75) is 26.3 Å². The Hall–Kier alpha value is -2.41. The number of fused-ring (bicyclic) bond motifs is 1. The van der Waals surface area contributed by atoms with Gasteiger partial charge in [-0.15, -0.1) is 0 Å². The summed E-state index contributed by atoms with van der Waals surface area (Å²) in [5, 5.41) is 3.97. The first-order valence-corrected chi connectivity index (χ1v) is 8.55. The molecule has 7 heteroatoms. The van der Waals surface area contributed by atoms with Crippen LogP contribution in [0.15, 0.2) is 28.8 Å². The number of para-hydroxylation sites is 2. The lowest BCUT2D eigenvalue weighted by Gasteiger charge is -2.20. The fourth-order valence-corrected chi connectivity index (χ4v) is 3.12. The summed E-state index contributed by atoms with van der Waals surface area (Å²) >= 11 is 0. The Bertz CT molecular complexity index is 777. The third-order valence-corrected chi connectivity index (χ3v) is 4.45. The van der Waals surface area contributed by atoms with Gasteiger partial charge in [0.1, 0.15) is 0 Å². The van der Waals surface area contributed by atoms with Gasteiger partial charge in [-0.2, -0.15) is 4.98 Å². The topological polar surface area (TPSA) is 74.1 Å². The van der Waals surface area contributed by atoms with E-state index in [0.29, 0.717) is 5.89 Å². The zero-order valence-corrected chi connectivity index (χ0v) is 13.9. The van der Waals surface area contributed by atoms with E-state index in [9.17, 15) is 0 Å². The third kappa shape index (κ3) is 3.12. The number of benzene rings is 1. The monoisotopic (exact) mass is 326 g/mol. The molecule has 0 atom stereocenters. The molecule has 0 unspecified atom stereocenters. The van der Waals surface area contributed by atoms with Crippen LogP contribution in [0.4, 0.5) is 5.95 Å². The van der Waals surface area contributed by atoms with Crippen molar-refractivity contribution < 1.29 is 4.52 Å². The Balaban J connectivity index is 1.42. The summed E-state index contributed by atoms with van der Waals surface area (Å²) in [5.74, 6) is 2.46. The van der Waals surface area contributed by atoms with Crippen LogP contribution in [0.2, 0.25) is 0 Å². The zero-order chi connectivity index (χ0) is 16.4. The summed E-state index contributed by atoms with van der Waals surface area (Å²) < 4.78 is 5.32. The molecule has 24 heavy (non-hydrogen) atoms. The average Bonchev–Trinajstić information content (AvgIpc) is 3.17. The number of anilines is 1. The van der Waals surface area contributed by atoms with Gasteiger partial charge >= 0.3 is 0 Å². The first kappa shape index (κ1) is 15.1. The van der Waals surface area contributed by atoms with Gasteiger partial charge in [0.15, 0.2) is 5.82 Å². The van der Waals surface area contributed by atoms with Crippen LogP contribution >= 0.6 is 0 Å². The summed E-state index contributed by atoms with van der Waals surface area (Å²) in [6.07, 6.45) is 1.90. The molecular weight excluding hydrogens is 304 g/mol. The molecule has 0 amide bonds. The van der Waals surface area contributed by atoms with Crippen molar-refractivity contribution in [3.05, 3.63) is 36.0 Å². The third-order valence-electron chi connectivity index (χ3n) is 4.45. The van der Waals surface area contributed by atoms with Crippen molar-refractivity contribution in [3.8, 4) is 0 Å². The smallest absolute Gasteiger partial charge is 0.240 e. The highest BCUT2D eigenvalue weighted by molar-refractivity contribution is 5.77. The van der Waals surface area contributed by atoms with Crippen molar-refractivity contribution in [2.75, 3.05) is 31.1 Å². The van der Waals surface area contributed by atoms with Gasteiger partial charge in [-0.05, 0) is 18.6 Å². The highest BCUT2D eigenvalue weighted by atomic mass is 16.5. The fraction of sp³-hybridized carbons (Fsp3) is 0.471. The van der Waals surface area contributed by atoms with Crippen molar-refractivity contribution in [2.24, 2.45) is 0 Å². The Morgan fingerprint density at radius 1 is 1.12 bits per heavy atom. The van der Waals surface area contributed by atoms with Gasteiger partial charge in [0, 0.05) is 32.6 Å². The lowest BCUT2D eigenvalue weighted by atomic mass is 10.3. The van der Waals surface area contributed by atoms with Gasteiger partial charge < -0.3 is 14.4 Å². The predicted octanol–water partition coefficient (Wildman–Crippen LogP) is 2.22. The molecule has 3 heterocycles. The highest BCUT2D eigenvalue weighted by Gasteiger charge is 2.19. The second-order valence-electron chi connectivity index (χ2n) is 6.15. The summed E-state index contributed by atoms with van der Waals surface area (Å²) in [6.45, 7) is 6.68. The number of aryl methyl sites for hydroxylation is 1. The molecule has 0 bridgehead atoms. The Morgan fingerprint density at radius 3 is 2.88 bits per heavy atom. The van der Waals surface area contributed by atoms with E-state index < -0.39 is 0 Å². The molecule has 3 aromatic rings. The van der Waals surface area contributed by atoms with Crippen molar-refractivity contribution in [1.29, 1.82) is 0 Å². The van der Waals surface area contributed by atoms with Crippen molar-refractivity contribution >= 4 is 17.0 Å². The maximum Gasteiger partial charge on any atom is 0.240 e. The van der Waals surface area contributed by atoms with Crippen molar-refractivity contribution in [3.63, 3.8) is 0 Å². The molecule has 1 aliphatic heterocycles. The highest BCUT2D eigenvalue weighted by Crippen LogP contribution is 2.18. The molecule has 1 aliphatic rings.